The summed E-state index contributed by atoms with van der Waals surface area (Å²) >= 11 is 5.77. The molecule has 0 amide bonds. The minimum Gasteiger partial charge on any atom is -0.316 e. The molecule has 106 valence electrons. The number of halogens is 1. The van der Waals surface area contributed by atoms with Crippen LogP contribution < -0.4 is 10.0 Å². The maximum atomic E-state index is 11.9. The van der Waals surface area contributed by atoms with Crippen LogP contribution in [0.2, 0.25) is 5.02 Å². The van der Waals surface area contributed by atoms with Gasteiger partial charge in [-0.05, 0) is 12.6 Å². The fourth-order valence-electron chi connectivity index (χ4n) is 1.34. The van der Waals surface area contributed by atoms with Crippen molar-refractivity contribution in [2.24, 2.45) is 0 Å². The second-order valence-electron chi connectivity index (χ2n) is 3.62. The lowest BCUT2D eigenvalue weighted by atomic mass is 10.3. The molecule has 1 aromatic carbocycles. The van der Waals surface area contributed by atoms with Gasteiger partial charge in [0, 0.05) is 25.2 Å². The molecule has 0 spiro atoms. The van der Waals surface area contributed by atoms with Gasteiger partial charge in [-0.25, -0.2) is 13.1 Å². The van der Waals surface area contributed by atoms with E-state index < -0.39 is 14.9 Å². The summed E-state index contributed by atoms with van der Waals surface area (Å²) in [5.74, 6) is 0. The Hall–Kier alpha value is -1.22. The molecule has 9 heteroatoms. The highest BCUT2D eigenvalue weighted by atomic mass is 35.5. The first kappa shape index (κ1) is 15.8. The van der Waals surface area contributed by atoms with Gasteiger partial charge in [0.05, 0.1) is 9.95 Å². The summed E-state index contributed by atoms with van der Waals surface area (Å²) in [6.07, 6.45) is 0. The van der Waals surface area contributed by atoms with Crippen LogP contribution in [0.1, 0.15) is 6.92 Å². The molecule has 0 aliphatic carbocycles. The molecule has 0 radical (unpaired) electrons. The number of non-ortho nitro benzene ring substituents is 1. The fraction of sp³-hybridized carbons (Fsp3) is 0.400. The number of nitro benzene ring substituents is 1. The van der Waals surface area contributed by atoms with E-state index in [9.17, 15) is 18.5 Å². The predicted molar refractivity (Wildman–Crippen MR) is 71.8 cm³/mol. The number of benzene rings is 1. The van der Waals surface area contributed by atoms with Gasteiger partial charge < -0.3 is 5.32 Å². The second kappa shape index (κ2) is 6.80. The van der Waals surface area contributed by atoms with Crippen molar-refractivity contribution in [2.45, 2.75) is 11.8 Å². The van der Waals surface area contributed by atoms with Gasteiger partial charge in [0.25, 0.3) is 5.69 Å². The fourth-order valence-corrected chi connectivity index (χ4v) is 2.89. The Morgan fingerprint density at radius 1 is 1.37 bits per heavy atom. The van der Waals surface area contributed by atoms with Crippen LogP contribution in [-0.4, -0.2) is 33.0 Å². The van der Waals surface area contributed by atoms with Crippen molar-refractivity contribution in [3.05, 3.63) is 33.3 Å². The topological polar surface area (TPSA) is 101 Å². The van der Waals surface area contributed by atoms with Crippen LogP contribution in [0.5, 0.6) is 0 Å². The molecule has 0 bridgehead atoms. The second-order valence-corrected chi connectivity index (χ2v) is 5.77. The normalized spacial score (nSPS) is 11.5. The number of rotatable bonds is 7. The zero-order valence-electron chi connectivity index (χ0n) is 10.2. The third-order valence-corrected chi connectivity index (χ3v) is 4.20. The monoisotopic (exact) mass is 307 g/mol. The zero-order valence-corrected chi connectivity index (χ0v) is 11.8. The minimum atomic E-state index is -3.85. The molecule has 0 atom stereocenters. The summed E-state index contributed by atoms with van der Waals surface area (Å²) in [5.41, 5.74) is -0.323. The molecule has 0 aliphatic rings. The van der Waals surface area contributed by atoms with E-state index in [1.807, 2.05) is 6.92 Å². The van der Waals surface area contributed by atoms with Crippen LogP contribution >= 0.6 is 11.6 Å². The average molecular weight is 308 g/mol. The smallest absolute Gasteiger partial charge is 0.270 e. The third-order valence-electron chi connectivity index (χ3n) is 2.26. The number of nitrogens with one attached hydrogen (secondary N) is 2. The van der Waals surface area contributed by atoms with Crippen LogP contribution in [0.4, 0.5) is 5.69 Å². The highest BCUT2D eigenvalue weighted by molar-refractivity contribution is 7.89. The van der Waals surface area contributed by atoms with Crippen LogP contribution in [0.25, 0.3) is 0 Å². The van der Waals surface area contributed by atoms with E-state index in [1.165, 1.54) is 6.07 Å². The number of likely N-dealkylation sites (N-methyl/N-ethyl adjacent to an activating group) is 1. The number of nitro groups is 1. The number of nitrogens with zero attached hydrogens (tertiary/aromatic N) is 1. The van der Waals surface area contributed by atoms with E-state index in [-0.39, 0.29) is 22.2 Å². The molecule has 0 saturated heterocycles. The standard InChI is InChI=1S/C10H14ClN3O4S/c1-2-12-5-6-13-19(17,18)10-7-8(14(15)16)3-4-9(10)11/h3-4,7,12-13H,2,5-6H2,1H3. The van der Waals surface area contributed by atoms with Crippen LogP contribution in [0.3, 0.4) is 0 Å². The predicted octanol–water partition coefficient (Wildman–Crippen LogP) is 1.14. The molecule has 0 saturated carbocycles. The number of hydrogen-bond donors (Lipinski definition) is 2. The highest BCUT2D eigenvalue weighted by Gasteiger charge is 2.20. The molecule has 0 heterocycles. The molecule has 2 N–H and O–H groups in total. The Labute approximate surface area is 116 Å². The summed E-state index contributed by atoms with van der Waals surface area (Å²) in [6, 6.07) is 3.29. The van der Waals surface area contributed by atoms with Crippen molar-refractivity contribution in [2.75, 3.05) is 19.6 Å². The quantitative estimate of drug-likeness (QED) is 0.447. The van der Waals surface area contributed by atoms with Crippen molar-refractivity contribution in [1.29, 1.82) is 0 Å². The lowest BCUT2D eigenvalue weighted by molar-refractivity contribution is -0.385. The highest BCUT2D eigenvalue weighted by Crippen LogP contribution is 2.25. The van der Waals surface area contributed by atoms with Crippen LogP contribution in [0.15, 0.2) is 23.1 Å². The molecule has 0 aromatic heterocycles. The Balaban J connectivity index is 2.94. The van der Waals surface area contributed by atoms with Gasteiger partial charge in [0.2, 0.25) is 10.0 Å². The number of hydrogen-bond acceptors (Lipinski definition) is 5. The third kappa shape index (κ3) is 4.43. The molecule has 19 heavy (non-hydrogen) atoms. The van der Waals surface area contributed by atoms with E-state index in [0.717, 1.165) is 18.7 Å². The van der Waals surface area contributed by atoms with Crippen molar-refractivity contribution >= 4 is 27.3 Å². The molecule has 0 unspecified atom stereocenters. The summed E-state index contributed by atoms with van der Waals surface area (Å²) < 4.78 is 26.2. The van der Waals surface area contributed by atoms with Crippen LogP contribution in [0, 0.1) is 10.1 Å². The SMILES string of the molecule is CCNCCNS(=O)(=O)c1cc([N+](=O)[O-])ccc1Cl. The molecular formula is C10H14ClN3O4S. The molecule has 1 aromatic rings. The molecule has 0 fully saturated rings. The lowest BCUT2D eigenvalue weighted by Gasteiger charge is -2.08. The molecule has 1 rings (SSSR count). The minimum absolute atomic E-state index is 0.0541. The summed E-state index contributed by atoms with van der Waals surface area (Å²) in [6.45, 7) is 3.25. The Morgan fingerprint density at radius 2 is 2.05 bits per heavy atom. The van der Waals surface area contributed by atoms with Gasteiger partial charge in [-0.3, -0.25) is 10.1 Å². The van der Waals surface area contributed by atoms with Gasteiger partial charge in [0.1, 0.15) is 4.90 Å². The first-order chi connectivity index (χ1) is 8.88. The molecule has 7 nitrogen and oxygen atoms in total. The molecular weight excluding hydrogens is 294 g/mol. The Kier molecular flexibility index (Phi) is 5.67. The van der Waals surface area contributed by atoms with Crippen molar-refractivity contribution in [1.82, 2.24) is 10.0 Å². The maximum Gasteiger partial charge on any atom is 0.270 e. The average Bonchev–Trinajstić information content (AvgIpc) is 2.34. The van der Waals surface area contributed by atoms with Crippen molar-refractivity contribution < 1.29 is 13.3 Å². The summed E-state index contributed by atoms with van der Waals surface area (Å²) in [4.78, 5) is 9.66. The van der Waals surface area contributed by atoms with E-state index in [0.29, 0.717) is 6.54 Å². The van der Waals surface area contributed by atoms with Crippen molar-refractivity contribution in [3.63, 3.8) is 0 Å². The summed E-state index contributed by atoms with van der Waals surface area (Å²) in [5, 5.41) is 13.5. The van der Waals surface area contributed by atoms with E-state index in [2.05, 4.69) is 10.0 Å². The summed E-state index contributed by atoms with van der Waals surface area (Å²) in [7, 11) is -3.85. The first-order valence-electron chi connectivity index (χ1n) is 5.53. The van der Waals surface area contributed by atoms with Crippen LogP contribution in [-0.2, 0) is 10.0 Å². The first-order valence-corrected chi connectivity index (χ1v) is 7.39. The van der Waals surface area contributed by atoms with Gasteiger partial charge in [-0.2, -0.15) is 0 Å². The largest absolute Gasteiger partial charge is 0.316 e. The maximum absolute atomic E-state index is 11.9. The van der Waals surface area contributed by atoms with Gasteiger partial charge in [-0.1, -0.05) is 18.5 Å². The van der Waals surface area contributed by atoms with Gasteiger partial charge in [0.15, 0.2) is 0 Å². The molecule has 0 aliphatic heterocycles. The lowest BCUT2D eigenvalue weighted by Crippen LogP contribution is -2.31. The van der Waals surface area contributed by atoms with E-state index >= 15 is 0 Å². The Bertz CT molecular complexity index is 562. The Morgan fingerprint density at radius 3 is 2.63 bits per heavy atom. The zero-order chi connectivity index (χ0) is 14.5. The van der Waals surface area contributed by atoms with Gasteiger partial charge in [-0.15, -0.1) is 0 Å². The van der Waals surface area contributed by atoms with Gasteiger partial charge >= 0.3 is 0 Å². The number of sulfonamides is 1. The van der Waals surface area contributed by atoms with E-state index in [1.54, 1.807) is 0 Å². The van der Waals surface area contributed by atoms with E-state index in [4.69, 9.17) is 11.6 Å². The van der Waals surface area contributed by atoms with Crippen molar-refractivity contribution in [3.8, 4) is 0 Å².